The lowest BCUT2D eigenvalue weighted by Crippen LogP contribution is -2.11. The number of esters is 2. The molecule has 1 aromatic carbocycles. The quantitative estimate of drug-likeness (QED) is 0.677. The zero-order valence-electron chi connectivity index (χ0n) is 13.2. The molecule has 0 bridgehead atoms. The Bertz CT molecular complexity index is 817. The van der Waals surface area contributed by atoms with Crippen molar-refractivity contribution < 1.29 is 24.2 Å². The van der Waals surface area contributed by atoms with Crippen molar-refractivity contribution >= 4 is 17.6 Å². The number of pyridine rings is 1. The summed E-state index contributed by atoms with van der Waals surface area (Å²) < 4.78 is 9.28. The van der Waals surface area contributed by atoms with Crippen LogP contribution in [-0.2, 0) is 9.47 Å². The van der Waals surface area contributed by atoms with Crippen LogP contribution in [0.25, 0.3) is 11.1 Å². The van der Waals surface area contributed by atoms with Crippen LogP contribution in [-0.4, -0.2) is 36.2 Å². The molecule has 124 valence electrons. The van der Waals surface area contributed by atoms with Crippen LogP contribution in [0.4, 0.5) is 5.69 Å². The first-order valence-corrected chi connectivity index (χ1v) is 6.77. The number of aromatic hydroxyl groups is 1. The van der Waals surface area contributed by atoms with Gasteiger partial charge in [-0.1, -0.05) is 0 Å². The second-order valence-electron chi connectivity index (χ2n) is 4.76. The maximum atomic E-state index is 12.2. The molecule has 2 aromatic rings. The van der Waals surface area contributed by atoms with E-state index in [4.69, 9.17) is 0 Å². The van der Waals surface area contributed by atoms with Gasteiger partial charge in [-0.3, -0.25) is 4.98 Å². The third-order valence-electron chi connectivity index (χ3n) is 3.53. The molecule has 8 nitrogen and oxygen atoms in total. The van der Waals surface area contributed by atoms with E-state index in [0.29, 0.717) is 5.56 Å². The molecule has 0 fully saturated rings. The number of aromatic nitrogens is 1. The topological polar surface area (TPSA) is 115 Å². The molecule has 0 aliphatic rings. The number of nitrogens with zero attached hydrogens (tertiary/aromatic N) is 2. The normalized spacial score (nSPS) is 10.1. The lowest BCUT2D eigenvalue weighted by Gasteiger charge is -2.17. The van der Waals surface area contributed by atoms with Gasteiger partial charge in [-0.25, -0.2) is 9.59 Å². The first-order chi connectivity index (χ1) is 11.5. The summed E-state index contributed by atoms with van der Waals surface area (Å²) in [5.74, 6) is -2.46. The number of rotatable bonds is 4. The zero-order chi connectivity index (χ0) is 17.9. The van der Waals surface area contributed by atoms with Gasteiger partial charge in [-0.2, -0.15) is 0 Å². The molecular weight excluding hydrogens is 316 g/mol. The van der Waals surface area contributed by atoms with Crippen molar-refractivity contribution in [2.75, 3.05) is 14.2 Å². The van der Waals surface area contributed by atoms with Gasteiger partial charge in [0.2, 0.25) is 0 Å². The zero-order valence-corrected chi connectivity index (χ0v) is 13.2. The number of carbonyl (C=O) groups is 2. The van der Waals surface area contributed by atoms with E-state index < -0.39 is 17.7 Å². The average molecular weight is 330 g/mol. The molecule has 1 N–H and O–H groups in total. The standard InChI is InChI=1S/C16H14N2O6/c1-8-10(15(20)23-2)14(19)12(16(21)24-3)11(13(8)18-22)9-4-6-17-7-5-9/h4-7,19H,1-3H3. The molecule has 0 atom stereocenters. The number of carbonyl (C=O) groups excluding carboxylic acids is 2. The molecule has 0 aliphatic heterocycles. The molecule has 2 rings (SSSR count). The highest BCUT2D eigenvalue weighted by molar-refractivity contribution is 6.09. The SMILES string of the molecule is COC(=O)c1c(C)c(N=O)c(-c2ccncc2)c(C(=O)OC)c1O. The van der Waals surface area contributed by atoms with Crippen LogP contribution in [0.15, 0.2) is 29.7 Å². The predicted molar refractivity (Wildman–Crippen MR) is 84.2 cm³/mol. The summed E-state index contributed by atoms with van der Waals surface area (Å²) in [5, 5.41) is 13.4. The number of hydrogen-bond acceptors (Lipinski definition) is 8. The summed E-state index contributed by atoms with van der Waals surface area (Å²) in [5.41, 5.74) is -0.264. The lowest BCUT2D eigenvalue weighted by atomic mass is 9.91. The average Bonchev–Trinajstić information content (AvgIpc) is 2.61. The summed E-state index contributed by atoms with van der Waals surface area (Å²) in [6.07, 6.45) is 2.90. The molecule has 0 unspecified atom stereocenters. The molecule has 0 saturated carbocycles. The Balaban J connectivity index is 3.00. The molecule has 0 aliphatic carbocycles. The van der Waals surface area contributed by atoms with Gasteiger partial charge in [-0.05, 0) is 35.4 Å². The molecule has 1 heterocycles. The number of hydrogen-bond donors (Lipinski definition) is 1. The Morgan fingerprint density at radius 3 is 2.12 bits per heavy atom. The van der Waals surface area contributed by atoms with Gasteiger partial charge in [0, 0.05) is 18.0 Å². The third-order valence-corrected chi connectivity index (χ3v) is 3.53. The second kappa shape index (κ2) is 6.86. The van der Waals surface area contributed by atoms with Crippen molar-refractivity contribution in [3.8, 4) is 16.9 Å². The largest absolute Gasteiger partial charge is 0.506 e. The highest BCUT2D eigenvalue weighted by atomic mass is 16.5. The monoisotopic (exact) mass is 330 g/mol. The van der Waals surface area contributed by atoms with E-state index in [2.05, 4.69) is 19.6 Å². The number of phenols is 1. The van der Waals surface area contributed by atoms with Crippen LogP contribution in [0, 0.1) is 11.8 Å². The molecule has 0 amide bonds. The fraction of sp³-hybridized carbons (Fsp3) is 0.188. The van der Waals surface area contributed by atoms with Crippen molar-refractivity contribution in [3.63, 3.8) is 0 Å². The maximum absolute atomic E-state index is 12.2. The van der Waals surface area contributed by atoms with Gasteiger partial charge in [-0.15, -0.1) is 4.91 Å². The lowest BCUT2D eigenvalue weighted by molar-refractivity contribution is 0.0593. The van der Waals surface area contributed by atoms with Gasteiger partial charge in [0.05, 0.1) is 14.2 Å². The van der Waals surface area contributed by atoms with Gasteiger partial charge in [0.25, 0.3) is 0 Å². The van der Waals surface area contributed by atoms with E-state index in [0.717, 1.165) is 14.2 Å². The number of methoxy groups -OCH3 is 2. The van der Waals surface area contributed by atoms with Crippen LogP contribution in [0.3, 0.4) is 0 Å². The van der Waals surface area contributed by atoms with Gasteiger partial charge < -0.3 is 14.6 Å². The fourth-order valence-electron chi connectivity index (χ4n) is 2.41. The van der Waals surface area contributed by atoms with Crippen molar-refractivity contribution in [2.45, 2.75) is 6.92 Å². The minimum absolute atomic E-state index is 0.0573. The highest BCUT2D eigenvalue weighted by Crippen LogP contribution is 2.44. The van der Waals surface area contributed by atoms with Gasteiger partial charge >= 0.3 is 11.9 Å². The summed E-state index contributed by atoms with van der Waals surface area (Å²) in [6, 6.07) is 3.07. The minimum atomic E-state index is -0.922. The molecule has 24 heavy (non-hydrogen) atoms. The van der Waals surface area contributed by atoms with Gasteiger partial charge in [0.1, 0.15) is 22.6 Å². The predicted octanol–water partition coefficient (Wildman–Crippen LogP) is 2.73. The molecule has 0 saturated heterocycles. The summed E-state index contributed by atoms with van der Waals surface area (Å²) in [6.45, 7) is 1.43. The first-order valence-electron chi connectivity index (χ1n) is 6.77. The van der Waals surface area contributed by atoms with Crippen LogP contribution in [0.2, 0.25) is 0 Å². The Morgan fingerprint density at radius 1 is 1.08 bits per heavy atom. The highest BCUT2D eigenvalue weighted by Gasteiger charge is 2.31. The smallest absolute Gasteiger partial charge is 0.342 e. The van der Waals surface area contributed by atoms with Gasteiger partial charge in [0.15, 0.2) is 0 Å². The second-order valence-corrected chi connectivity index (χ2v) is 4.76. The van der Waals surface area contributed by atoms with E-state index in [1.807, 2.05) is 0 Å². The number of phenolic OH excluding ortho intramolecular Hbond substituents is 1. The molecule has 1 aromatic heterocycles. The molecular formula is C16H14N2O6. The first kappa shape index (κ1) is 17.1. The number of benzene rings is 1. The van der Waals surface area contributed by atoms with Crippen molar-refractivity contribution in [1.82, 2.24) is 4.98 Å². The minimum Gasteiger partial charge on any atom is -0.506 e. The van der Waals surface area contributed by atoms with Crippen LogP contribution < -0.4 is 0 Å². The Labute approximate surface area is 137 Å². The van der Waals surface area contributed by atoms with Crippen LogP contribution in [0.5, 0.6) is 5.75 Å². The van der Waals surface area contributed by atoms with E-state index in [1.54, 1.807) is 0 Å². The van der Waals surface area contributed by atoms with Crippen LogP contribution >= 0.6 is 0 Å². The van der Waals surface area contributed by atoms with E-state index in [-0.39, 0.29) is 27.9 Å². The third kappa shape index (κ3) is 2.69. The van der Waals surface area contributed by atoms with Crippen molar-refractivity contribution in [2.24, 2.45) is 5.18 Å². The van der Waals surface area contributed by atoms with Crippen molar-refractivity contribution in [3.05, 3.63) is 46.1 Å². The molecule has 8 heteroatoms. The van der Waals surface area contributed by atoms with E-state index in [9.17, 15) is 19.6 Å². The molecule has 0 spiro atoms. The number of ether oxygens (including phenoxy) is 2. The fourth-order valence-corrected chi connectivity index (χ4v) is 2.41. The van der Waals surface area contributed by atoms with E-state index in [1.165, 1.54) is 31.5 Å². The Kier molecular flexibility index (Phi) is 4.88. The summed E-state index contributed by atoms with van der Waals surface area (Å²) in [7, 11) is 2.23. The summed E-state index contributed by atoms with van der Waals surface area (Å²) >= 11 is 0. The van der Waals surface area contributed by atoms with E-state index >= 15 is 0 Å². The number of nitroso groups, excluding NO2 is 1. The maximum Gasteiger partial charge on any atom is 0.342 e. The molecule has 0 radical (unpaired) electrons. The summed E-state index contributed by atoms with van der Waals surface area (Å²) in [4.78, 5) is 39.4. The Morgan fingerprint density at radius 2 is 1.62 bits per heavy atom. The van der Waals surface area contributed by atoms with Crippen LogP contribution in [0.1, 0.15) is 26.3 Å². The Hall–Kier alpha value is -3.29. The van der Waals surface area contributed by atoms with Crippen molar-refractivity contribution in [1.29, 1.82) is 0 Å².